The maximum atomic E-state index is 12.2. The van der Waals surface area contributed by atoms with E-state index in [1.165, 1.54) is 0 Å². The lowest BCUT2D eigenvalue weighted by Gasteiger charge is -2.41. The zero-order chi connectivity index (χ0) is 23.4. The van der Waals surface area contributed by atoms with Gasteiger partial charge in [-0.15, -0.1) is 13.2 Å². The summed E-state index contributed by atoms with van der Waals surface area (Å²) in [5.41, 5.74) is 2.79. The molecular weight excluding hydrogens is 429 g/mol. The summed E-state index contributed by atoms with van der Waals surface area (Å²) in [6.07, 6.45) is -9.04. The Morgan fingerprint density at radius 3 is 2.32 bits per heavy atom. The van der Waals surface area contributed by atoms with E-state index >= 15 is 0 Å². The highest BCUT2D eigenvalue weighted by molar-refractivity contribution is 5.91. The van der Waals surface area contributed by atoms with E-state index in [1.807, 2.05) is 0 Å². The van der Waals surface area contributed by atoms with Crippen LogP contribution in [0.4, 0.5) is 23.7 Å². The number of aliphatic hydroxyl groups is 3. The minimum atomic E-state index is -4.87. The second-order valence-corrected chi connectivity index (χ2v) is 6.92. The van der Waals surface area contributed by atoms with Gasteiger partial charge in [0.1, 0.15) is 17.5 Å². The maximum absolute atomic E-state index is 12.2. The lowest BCUT2D eigenvalue weighted by molar-refractivity contribution is -0.274. The molecule has 8 N–H and O–H groups in total. The summed E-state index contributed by atoms with van der Waals surface area (Å²) < 4.78 is 40.2. The van der Waals surface area contributed by atoms with E-state index in [0.29, 0.717) is 0 Å². The van der Waals surface area contributed by atoms with Gasteiger partial charge < -0.3 is 41.7 Å². The third-order valence-electron chi connectivity index (χ3n) is 4.42. The number of alkyl halides is 3. The molecule has 1 aromatic rings. The van der Waals surface area contributed by atoms with Crippen LogP contribution in [-0.2, 0) is 9.59 Å². The molecule has 1 aliphatic carbocycles. The molecular formula is C17H21F3N4O7. The molecule has 0 aliphatic heterocycles. The van der Waals surface area contributed by atoms with Crippen LogP contribution in [0.15, 0.2) is 24.3 Å². The number of rotatable bonds is 6. The Bertz CT molecular complexity index is 821. The van der Waals surface area contributed by atoms with E-state index in [0.717, 1.165) is 24.3 Å². The molecule has 0 radical (unpaired) electrons. The largest absolute Gasteiger partial charge is 0.573 e. The smallest absolute Gasteiger partial charge is 0.406 e. The molecule has 0 heterocycles. The van der Waals surface area contributed by atoms with E-state index in [9.17, 15) is 42.9 Å². The monoisotopic (exact) mass is 450 g/mol. The number of anilines is 1. The molecule has 1 aromatic carbocycles. The van der Waals surface area contributed by atoms with Crippen LogP contribution in [0.1, 0.15) is 12.8 Å². The number of aliphatic hydroxyl groups excluding tert-OH is 2. The van der Waals surface area contributed by atoms with Crippen molar-refractivity contribution in [2.45, 2.75) is 43.1 Å². The van der Waals surface area contributed by atoms with Crippen LogP contribution in [-0.4, -0.2) is 69.9 Å². The number of benzene rings is 1. The average Bonchev–Trinajstić information content (AvgIpc) is 2.64. The van der Waals surface area contributed by atoms with E-state index in [4.69, 9.17) is 5.73 Å². The molecule has 4 atom stereocenters. The number of carbonyl (C=O) groups is 3. The lowest BCUT2D eigenvalue weighted by atomic mass is 9.77. The van der Waals surface area contributed by atoms with Crippen LogP contribution in [0.2, 0.25) is 0 Å². The normalized spacial score (nSPS) is 25.9. The summed E-state index contributed by atoms with van der Waals surface area (Å²) in [5, 5.41) is 37.2. The predicted molar refractivity (Wildman–Crippen MR) is 97.5 cm³/mol. The second-order valence-electron chi connectivity index (χ2n) is 6.92. The van der Waals surface area contributed by atoms with Crippen molar-refractivity contribution in [3.8, 4) is 5.75 Å². The number of primary amides is 1. The van der Waals surface area contributed by atoms with Gasteiger partial charge in [0.05, 0.1) is 18.7 Å². The van der Waals surface area contributed by atoms with Crippen LogP contribution >= 0.6 is 0 Å². The van der Waals surface area contributed by atoms with Crippen molar-refractivity contribution in [3.63, 3.8) is 0 Å². The van der Waals surface area contributed by atoms with Gasteiger partial charge in [-0.1, -0.05) is 0 Å². The van der Waals surface area contributed by atoms with Crippen molar-refractivity contribution in [1.29, 1.82) is 0 Å². The van der Waals surface area contributed by atoms with Gasteiger partial charge in [-0.25, -0.2) is 4.79 Å². The molecule has 1 saturated carbocycles. The molecule has 2 rings (SSSR count). The predicted octanol–water partition coefficient (Wildman–Crippen LogP) is -1.08. The number of nitrogens with two attached hydrogens (primary N) is 1. The molecule has 1 aliphatic rings. The number of carbonyl (C=O) groups excluding carboxylic acids is 3. The van der Waals surface area contributed by atoms with Gasteiger partial charge in [-0.05, 0) is 24.3 Å². The van der Waals surface area contributed by atoms with Gasteiger partial charge in [0, 0.05) is 18.5 Å². The van der Waals surface area contributed by atoms with Crippen molar-refractivity contribution >= 4 is 23.5 Å². The summed E-state index contributed by atoms with van der Waals surface area (Å²) in [6, 6.07) is 1.97. The van der Waals surface area contributed by atoms with Gasteiger partial charge in [-0.3, -0.25) is 9.59 Å². The highest BCUT2D eigenvalue weighted by atomic mass is 19.4. The summed E-state index contributed by atoms with van der Waals surface area (Å²) in [4.78, 5) is 35.1. The molecule has 31 heavy (non-hydrogen) atoms. The van der Waals surface area contributed by atoms with Crippen LogP contribution in [0.3, 0.4) is 0 Å². The first-order chi connectivity index (χ1) is 14.3. The van der Waals surface area contributed by atoms with Crippen LogP contribution in [0, 0.1) is 0 Å². The standard InChI is InChI=1S/C17H21F3N4O7/c18-17(19,20)31-9-3-1-8(2-4-9)23-15(29)24-10-5-16(30,6-11(25)13(10)27)14(28)22-7-12(21)26/h1-4,10-11,13,25,27,30H,5-7H2,(H2,21,26)(H,22,28)(H2,23,24,29)/t10-,11+,13+,16-/m0/s1. The van der Waals surface area contributed by atoms with Gasteiger partial charge in [0.2, 0.25) is 5.91 Å². The van der Waals surface area contributed by atoms with Crippen LogP contribution in [0.25, 0.3) is 0 Å². The molecule has 14 heteroatoms. The van der Waals surface area contributed by atoms with Crippen LogP contribution < -0.4 is 26.4 Å². The zero-order valence-corrected chi connectivity index (χ0v) is 15.8. The van der Waals surface area contributed by atoms with Crippen molar-refractivity contribution < 1.29 is 47.6 Å². The number of amides is 4. The van der Waals surface area contributed by atoms with Crippen molar-refractivity contribution in [2.24, 2.45) is 5.73 Å². The topological polar surface area (TPSA) is 183 Å². The molecule has 172 valence electrons. The number of ether oxygens (including phenoxy) is 1. The van der Waals surface area contributed by atoms with E-state index in [-0.39, 0.29) is 5.69 Å². The van der Waals surface area contributed by atoms with E-state index < -0.39 is 73.2 Å². The van der Waals surface area contributed by atoms with Crippen molar-refractivity contribution in [3.05, 3.63) is 24.3 Å². The maximum Gasteiger partial charge on any atom is 0.573 e. The molecule has 0 bridgehead atoms. The Hall–Kier alpha value is -3.10. The Balaban J connectivity index is 2.00. The molecule has 4 amide bonds. The first-order valence-corrected chi connectivity index (χ1v) is 8.87. The summed E-state index contributed by atoms with van der Waals surface area (Å²) in [5.74, 6) is -2.39. The number of nitrogens with one attached hydrogen (secondary N) is 3. The quantitative estimate of drug-likeness (QED) is 0.288. The molecule has 0 saturated heterocycles. The second kappa shape index (κ2) is 9.36. The number of urea groups is 1. The third kappa shape index (κ3) is 6.97. The lowest BCUT2D eigenvalue weighted by Crippen LogP contribution is -2.63. The molecule has 0 spiro atoms. The Morgan fingerprint density at radius 2 is 1.77 bits per heavy atom. The minimum absolute atomic E-state index is 0.0762. The first-order valence-electron chi connectivity index (χ1n) is 8.87. The number of hydrogen-bond acceptors (Lipinski definition) is 7. The van der Waals surface area contributed by atoms with Crippen molar-refractivity contribution in [1.82, 2.24) is 10.6 Å². The summed E-state index contributed by atoms with van der Waals surface area (Å²) >= 11 is 0. The zero-order valence-electron chi connectivity index (χ0n) is 15.8. The van der Waals surface area contributed by atoms with Crippen molar-refractivity contribution in [2.75, 3.05) is 11.9 Å². The average molecular weight is 450 g/mol. The highest BCUT2D eigenvalue weighted by Gasteiger charge is 2.49. The van der Waals surface area contributed by atoms with Gasteiger partial charge in [0.15, 0.2) is 0 Å². The van der Waals surface area contributed by atoms with E-state index in [1.54, 1.807) is 0 Å². The Kier molecular flexibility index (Phi) is 7.30. The third-order valence-corrected chi connectivity index (χ3v) is 4.42. The SMILES string of the molecule is NC(=O)CNC(=O)[C@@]1(O)C[C@@H](O)[C@H](O)[C@@H](NC(=O)Nc2ccc(OC(F)(F)F)cc2)C1. The Labute approximate surface area is 173 Å². The molecule has 1 fully saturated rings. The van der Waals surface area contributed by atoms with E-state index in [2.05, 4.69) is 20.7 Å². The molecule has 0 aromatic heterocycles. The fourth-order valence-electron chi connectivity index (χ4n) is 3.03. The highest BCUT2D eigenvalue weighted by Crippen LogP contribution is 2.30. The number of halogens is 3. The molecule has 11 nitrogen and oxygen atoms in total. The van der Waals surface area contributed by atoms with Gasteiger partial charge in [-0.2, -0.15) is 0 Å². The fourth-order valence-corrected chi connectivity index (χ4v) is 3.03. The van der Waals surface area contributed by atoms with Gasteiger partial charge in [0.25, 0.3) is 5.91 Å². The minimum Gasteiger partial charge on any atom is -0.406 e. The molecule has 0 unspecified atom stereocenters. The fraction of sp³-hybridized carbons (Fsp3) is 0.471. The number of hydrogen-bond donors (Lipinski definition) is 7. The van der Waals surface area contributed by atoms with Gasteiger partial charge >= 0.3 is 12.4 Å². The summed E-state index contributed by atoms with van der Waals surface area (Å²) in [7, 11) is 0. The Morgan fingerprint density at radius 1 is 1.16 bits per heavy atom. The summed E-state index contributed by atoms with van der Waals surface area (Å²) in [6.45, 7) is -0.563. The van der Waals surface area contributed by atoms with Crippen LogP contribution in [0.5, 0.6) is 5.75 Å². The first kappa shape index (κ1) is 24.2.